The lowest BCUT2D eigenvalue weighted by atomic mass is 9.89. The van der Waals surface area contributed by atoms with E-state index in [1.165, 1.54) is 4.90 Å². The number of hydrogen-bond acceptors (Lipinski definition) is 6. The third kappa shape index (κ3) is 7.40. The van der Waals surface area contributed by atoms with E-state index in [1.54, 1.807) is 6.92 Å². The second-order valence-corrected chi connectivity index (χ2v) is 9.63. The van der Waals surface area contributed by atoms with E-state index in [4.69, 9.17) is 16.2 Å². The molecule has 0 saturated heterocycles. The first-order valence-electron chi connectivity index (χ1n) is 13.1. The molecule has 3 atom stereocenters. The molecule has 0 spiro atoms. The molecule has 200 valence electrons. The molecule has 1 aliphatic carbocycles. The third-order valence-corrected chi connectivity index (χ3v) is 7.07. The Morgan fingerprint density at radius 2 is 1.62 bits per heavy atom. The monoisotopic (exact) mass is 509 g/mol. The molecule has 0 saturated carbocycles. The Bertz CT molecular complexity index is 1020. The molecule has 5 N–H and O–H groups in total. The predicted octanol–water partition coefficient (Wildman–Crippen LogP) is 2.70. The van der Waals surface area contributed by atoms with Crippen LogP contribution in [0.25, 0.3) is 0 Å². The van der Waals surface area contributed by atoms with Gasteiger partial charge < -0.3 is 26.2 Å². The summed E-state index contributed by atoms with van der Waals surface area (Å²) in [4.78, 5) is 41.3. The van der Waals surface area contributed by atoms with Crippen molar-refractivity contribution in [3.05, 3.63) is 71.3 Å². The van der Waals surface area contributed by atoms with Gasteiger partial charge in [0.25, 0.3) is 0 Å². The van der Waals surface area contributed by atoms with Crippen molar-refractivity contribution >= 4 is 17.8 Å². The first-order valence-corrected chi connectivity index (χ1v) is 13.1. The van der Waals surface area contributed by atoms with Gasteiger partial charge in [0.05, 0.1) is 18.6 Å². The number of carboxylic acid groups (broad SMARTS) is 1. The zero-order valence-electron chi connectivity index (χ0n) is 21.6. The standard InChI is InChI=1S/C29H39N3O5/c1-2-37-29(36)24(16-15-20-10-4-3-5-11-20)26(28(34)35)32(27(33)25(31)14-8-9-17-30)23-18-21-12-6-7-13-22(21)19-23/h3-7,10-13,23-26H,2,8-9,14-19,30-31H2,1H3,(H,34,35)/t24-,25-,26?/m0/s1. The Kier molecular flexibility index (Phi) is 10.7. The number of rotatable bonds is 14. The zero-order chi connectivity index (χ0) is 26.8. The maximum atomic E-state index is 13.8. The van der Waals surface area contributed by atoms with Gasteiger partial charge in [-0.3, -0.25) is 9.59 Å². The Labute approximate surface area is 219 Å². The fourth-order valence-electron chi connectivity index (χ4n) is 5.21. The Hall–Kier alpha value is -3.23. The first-order chi connectivity index (χ1) is 17.9. The highest BCUT2D eigenvalue weighted by atomic mass is 16.5. The van der Waals surface area contributed by atoms with Crippen LogP contribution < -0.4 is 11.5 Å². The number of carbonyl (C=O) groups is 3. The van der Waals surface area contributed by atoms with Gasteiger partial charge in [-0.2, -0.15) is 0 Å². The summed E-state index contributed by atoms with van der Waals surface area (Å²) in [5, 5.41) is 10.5. The van der Waals surface area contributed by atoms with Crippen molar-refractivity contribution in [1.82, 2.24) is 4.90 Å². The summed E-state index contributed by atoms with van der Waals surface area (Å²) in [6.45, 7) is 2.30. The van der Waals surface area contributed by atoms with E-state index in [0.717, 1.165) is 23.1 Å². The van der Waals surface area contributed by atoms with Crippen molar-refractivity contribution in [2.75, 3.05) is 13.2 Å². The van der Waals surface area contributed by atoms with Crippen LogP contribution in [-0.2, 0) is 38.4 Å². The van der Waals surface area contributed by atoms with Gasteiger partial charge >= 0.3 is 11.9 Å². The molecule has 0 heterocycles. The van der Waals surface area contributed by atoms with Crippen molar-refractivity contribution in [3.8, 4) is 0 Å². The average Bonchev–Trinajstić information content (AvgIpc) is 3.32. The van der Waals surface area contributed by atoms with Gasteiger partial charge in [0.15, 0.2) is 0 Å². The van der Waals surface area contributed by atoms with E-state index >= 15 is 0 Å². The fraction of sp³-hybridized carbons (Fsp3) is 0.483. The molecule has 0 aliphatic heterocycles. The van der Waals surface area contributed by atoms with Gasteiger partial charge in [-0.1, -0.05) is 61.0 Å². The number of fused-ring (bicyclic) bond motifs is 1. The number of carbonyl (C=O) groups excluding carboxylic acids is 2. The molecular formula is C29H39N3O5. The van der Waals surface area contributed by atoms with Crippen molar-refractivity contribution in [2.45, 2.75) is 70.0 Å². The molecule has 3 rings (SSSR count). The fourth-order valence-corrected chi connectivity index (χ4v) is 5.21. The molecule has 37 heavy (non-hydrogen) atoms. The minimum absolute atomic E-state index is 0.119. The van der Waals surface area contributed by atoms with Crippen molar-refractivity contribution in [1.29, 1.82) is 0 Å². The van der Waals surface area contributed by atoms with E-state index < -0.39 is 41.9 Å². The lowest BCUT2D eigenvalue weighted by molar-refractivity contribution is -0.164. The lowest BCUT2D eigenvalue weighted by Gasteiger charge is -2.39. The summed E-state index contributed by atoms with van der Waals surface area (Å²) in [5.41, 5.74) is 15.1. The second kappa shape index (κ2) is 13.9. The quantitative estimate of drug-likeness (QED) is 0.263. The zero-order valence-corrected chi connectivity index (χ0v) is 21.6. The molecule has 0 aromatic heterocycles. The normalized spacial score (nSPS) is 15.4. The van der Waals surface area contributed by atoms with Crippen LogP contribution in [0, 0.1) is 5.92 Å². The van der Waals surface area contributed by atoms with Crippen LogP contribution in [0.2, 0.25) is 0 Å². The average molecular weight is 510 g/mol. The third-order valence-electron chi connectivity index (χ3n) is 7.07. The highest BCUT2D eigenvalue weighted by Crippen LogP contribution is 2.31. The SMILES string of the molecule is CCOC(=O)[C@@H](CCc1ccccc1)C(C(=O)O)N(C(=O)[C@@H](N)CCCCN)C1Cc2ccccc2C1. The van der Waals surface area contributed by atoms with Gasteiger partial charge in [0, 0.05) is 6.04 Å². The number of nitrogens with two attached hydrogens (primary N) is 2. The molecule has 2 aromatic carbocycles. The molecule has 2 aromatic rings. The van der Waals surface area contributed by atoms with E-state index in [0.29, 0.717) is 38.6 Å². The summed E-state index contributed by atoms with van der Waals surface area (Å²) >= 11 is 0. The number of esters is 1. The number of hydrogen-bond donors (Lipinski definition) is 3. The summed E-state index contributed by atoms with van der Waals surface area (Å²) in [6, 6.07) is 14.7. The summed E-state index contributed by atoms with van der Waals surface area (Å²) in [5.74, 6) is -3.33. The molecule has 1 amide bonds. The first kappa shape index (κ1) is 28.3. The van der Waals surface area contributed by atoms with E-state index in [1.807, 2.05) is 54.6 Å². The highest BCUT2D eigenvalue weighted by molar-refractivity contribution is 5.91. The summed E-state index contributed by atoms with van der Waals surface area (Å²) in [7, 11) is 0. The number of carboxylic acids is 1. The Morgan fingerprint density at radius 3 is 2.19 bits per heavy atom. The van der Waals surface area contributed by atoms with Crippen LogP contribution in [-0.4, -0.2) is 59.1 Å². The highest BCUT2D eigenvalue weighted by Gasteiger charge is 2.46. The van der Waals surface area contributed by atoms with Crippen LogP contribution in [0.1, 0.15) is 49.3 Å². The Morgan fingerprint density at radius 1 is 1.00 bits per heavy atom. The number of benzene rings is 2. The van der Waals surface area contributed by atoms with Crippen LogP contribution in [0.3, 0.4) is 0 Å². The van der Waals surface area contributed by atoms with Crippen LogP contribution in [0.5, 0.6) is 0 Å². The molecule has 8 heteroatoms. The maximum Gasteiger partial charge on any atom is 0.327 e. The van der Waals surface area contributed by atoms with E-state index in [2.05, 4.69) is 0 Å². The van der Waals surface area contributed by atoms with Crippen molar-refractivity contribution in [3.63, 3.8) is 0 Å². The number of nitrogens with zero attached hydrogens (tertiary/aromatic N) is 1. The molecule has 0 fully saturated rings. The largest absolute Gasteiger partial charge is 0.480 e. The number of aryl methyl sites for hydroxylation is 1. The number of unbranched alkanes of at least 4 members (excludes halogenated alkanes) is 1. The molecule has 1 aliphatic rings. The minimum Gasteiger partial charge on any atom is -0.480 e. The van der Waals surface area contributed by atoms with Crippen LogP contribution >= 0.6 is 0 Å². The smallest absolute Gasteiger partial charge is 0.327 e. The topological polar surface area (TPSA) is 136 Å². The van der Waals surface area contributed by atoms with Gasteiger partial charge in [0.2, 0.25) is 5.91 Å². The van der Waals surface area contributed by atoms with Crippen LogP contribution in [0.15, 0.2) is 54.6 Å². The van der Waals surface area contributed by atoms with Crippen LogP contribution in [0.4, 0.5) is 0 Å². The molecule has 0 bridgehead atoms. The van der Waals surface area contributed by atoms with Gasteiger partial charge in [-0.05, 0) is 68.7 Å². The van der Waals surface area contributed by atoms with E-state index in [-0.39, 0.29) is 13.0 Å². The van der Waals surface area contributed by atoms with Crippen molar-refractivity contribution in [2.24, 2.45) is 17.4 Å². The number of ether oxygens (including phenoxy) is 1. The number of aliphatic carboxylic acids is 1. The lowest BCUT2D eigenvalue weighted by Crippen LogP contribution is -2.59. The minimum atomic E-state index is -1.39. The molecule has 0 radical (unpaired) electrons. The Balaban J connectivity index is 1.97. The van der Waals surface area contributed by atoms with Gasteiger partial charge in [-0.15, -0.1) is 0 Å². The number of amides is 1. The van der Waals surface area contributed by atoms with Gasteiger partial charge in [0.1, 0.15) is 6.04 Å². The van der Waals surface area contributed by atoms with Gasteiger partial charge in [-0.25, -0.2) is 4.79 Å². The maximum absolute atomic E-state index is 13.8. The summed E-state index contributed by atoms with van der Waals surface area (Å²) in [6.07, 6.45) is 3.50. The van der Waals surface area contributed by atoms with Crippen molar-refractivity contribution < 1.29 is 24.2 Å². The molecule has 1 unspecified atom stereocenters. The van der Waals surface area contributed by atoms with E-state index in [9.17, 15) is 19.5 Å². The molecule has 8 nitrogen and oxygen atoms in total. The summed E-state index contributed by atoms with van der Waals surface area (Å²) < 4.78 is 5.33. The molecular weight excluding hydrogens is 470 g/mol. The second-order valence-electron chi connectivity index (χ2n) is 9.63. The predicted molar refractivity (Wildman–Crippen MR) is 142 cm³/mol.